The van der Waals surface area contributed by atoms with Crippen molar-refractivity contribution in [2.24, 2.45) is 0 Å². The van der Waals surface area contributed by atoms with E-state index in [-0.39, 0.29) is 20.7 Å². The second-order valence-electron chi connectivity index (χ2n) is 5.45. The topological polar surface area (TPSA) is 63.2 Å². The number of hydrogen-bond acceptors (Lipinski definition) is 3. The molecule has 4 nitrogen and oxygen atoms in total. The van der Waals surface area contributed by atoms with Gasteiger partial charge in [-0.05, 0) is 42.5 Å². The summed E-state index contributed by atoms with van der Waals surface area (Å²) in [5, 5.41) is 0.330. The molecule has 0 aliphatic rings. The molecule has 3 aromatic rings. The SMILES string of the molecule is O=C(c1ccccc1)c1ccc(NS(=O)(=O)c2cc(Cl)ccc2Cl)cc1. The zero-order valence-corrected chi connectivity index (χ0v) is 15.6. The summed E-state index contributed by atoms with van der Waals surface area (Å²) in [6, 6.07) is 19.2. The van der Waals surface area contributed by atoms with Crippen LogP contribution in [0.4, 0.5) is 5.69 Å². The number of hydrogen-bond donors (Lipinski definition) is 1. The van der Waals surface area contributed by atoms with Gasteiger partial charge in [0.2, 0.25) is 0 Å². The highest BCUT2D eigenvalue weighted by molar-refractivity contribution is 7.92. The third-order valence-electron chi connectivity index (χ3n) is 3.62. The summed E-state index contributed by atoms with van der Waals surface area (Å²) in [5.41, 5.74) is 1.33. The lowest BCUT2D eigenvalue weighted by Gasteiger charge is -2.10. The Hall–Kier alpha value is -2.34. The molecule has 132 valence electrons. The van der Waals surface area contributed by atoms with Gasteiger partial charge in [0.15, 0.2) is 5.78 Å². The molecule has 0 unspecified atom stereocenters. The van der Waals surface area contributed by atoms with Crippen molar-refractivity contribution in [2.75, 3.05) is 4.72 Å². The maximum Gasteiger partial charge on any atom is 0.263 e. The van der Waals surface area contributed by atoms with Crippen LogP contribution in [0.2, 0.25) is 10.0 Å². The molecule has 0 heterocycles. The fourth-order valence-electron chi connectivity index (χ4n) is 2.34. The molecule has 0 amide bonds. The summed E-state index contributed by atoms with van der Waals surface area (Å²) >= 11 is 11.8. The van der Waals surface area contributed by atoms with E-state index in [4.69, 9.17) is 23.2 Å². The molecule has 0 fully saturated rings. The molecule has 0 aliphatic heterocycles. The quantitative estimate of drug-likeness (QED) is 0.605. The monoisotopic (exact) mass is 405 g/mol. The summed E-state index contributed by atoms with van der Waals surface area (Å²) in [6.45, 7) is 0. The van der Waals surface area contributed by atoms with E-state index in [9.17, 15) is 13.2 Å². The number of nitrogens with one attached hydrogen (secondary N) is 1. The van der Waals surface area contributed by atoms with Crippen LogP contribution < -0.4 is 4.72 Å². The summed E-state index contributed by atoms with van der Waals surface area (Å²) in [5.74, 6) is -0.141. The van der Waals surface area contributed by atoms with Gasteiger partial charge in [-0.2, -0.15) is 0 Å². The molecule has 3 rings (SSSR count). The van der Waals surface area contributed by atoms with Gasteiger partial charge in [-0.1, -0.05) is 53.5 Å². The van der Waals surface area contributed by atoms with Crippen LogP contribution in [0.25, 0.3) is 0 Å². The number of benzene rings is 3. The molecule has 26 heavy (non-hydrogen) atoms. The van der Waals surface area contributed by atoms with E-state index in [1.54, 1.807) is 36.4 Å². The van der Waals surface area contributed by atoms with Crippen molar-refractivity contribution in [1.29, 1.82) is 0 Å². The highest BCUT2D eigenvalue weighted by Crippen LogP contribution is 2.27. The summed E-state index contributed by atoms with van der Waals surface area (Å²) in [7, 11) is -3.90. The van der Waals surface area contributed by atoms with Crippen molar-refractivity contribution in [3.8, 4) is 0 Å². The number of carbonyl (C=O) groups is 1. The smallest absolute Gasteiger partial charge is 0.263 e. The van der Waals surface area contributed by atoms with E-state index >= 15 is 0 Å². The van der Waals surface area contributed by atoms with Crippen molar-refractivity contribution in [2.45, 2.75) is 4.90 Å². The van der Waals surface area contributed by atoms with Gasteiger partial charge in [-0.25, -0.2) is 8.42 Å². The van der Waals surface area contributed by atoms with Crippen molar-refractivity contribution in [3.63, 3.8) is 0 Å². The molecule has 0 bridgehead atoms. The minimum Gasteiger partial charge on any atom is -0.289 e. The maximum absolute atomic E-state index is 12.5. The molecule has 0 radical (unpaired) electrons. The predicted molar refractivity (Wildman–Crippen MR) is 104 cm³/mol. The van der Waals surface area contributed by atoms with Gasteiger partial charge in [0.1, 0.15) is 4.90 Å². The van der Waals surface area contributed by atoms with Crippen LogP contribution in [0.5, 0.6) is 0 Å². The first-order chi connectivity index (χ1) is 12.4. The Bertz CT molecular complexity index is 1050. The van der Waals surface area contributed by atoms with Crippen molar-refractivity contribution in [3.05, 3.63) is 94.0 Å². The number of rotatable bonds is 5. The second kappa shape index (κ2) is 7.50. The molecule has 1 N–H and O–H groups in total. The number of carbonyl (C=O) groups excluding carboxylic acids is 1. The Balaban J connectivity index is 1.83. The van der Waals surface area contributed by atoms with E-state index in [0.29, 0.717) is 16.8 Å². The molecular formula is C19H13Cl2NO3S. The Kier molecular flexibility index (Phi) is 5.32. The minimum absolute atomic E-state index is 0.0674. The van der Waals surface area contributed by atoms with Gasteiger partial charge >= 0.3 is 0 Å². The lowest BCUT2D eigenvalue weighted by atomic mass is 10.0. The predicted octanol–water partition coefficient (Wildman–Crippen LogP) is 5.03. The van der Waals surface area contributed by atoms with E-state index in [1.807, 2.05) is 6.07 Å². The van der Waals surface area contributed by atoms with Crippen LogP contribution in [0.3, 0.4) is 0 Å². The third kappa shape index (κ3) is 4.07. The number of ketones is 1. The van der Waals surface area contributed by atoms with Crippen LogP contribution in [0, 0.1) is 0 Å². The van der Waals surface area contributed by atoms with Gasteiger partial charge in [0.05, 0.1) is 5.02 Å². The third-order valence-corrected chi connectivity index (χ3v) is 5.72. The van der Waals surface area contributed by atoms with E-state index in [0.717, 1.165) is 0 Å². The zero-order valence-electron chi connectivity index (χ0n) is 13.3. The fraction of sp³-hybridized carbons (Fsp3) is 0. The Morgan fingerprint density at radius 3 is 2.08 bits per heavy atom. The lowest BCUT2D eigenvalue weighted by Crippen LogP contribution is -2.13. The van der Waals surface area contributed by atoms with Gasteiger partial charge in [0, 0.05) is 21.8 Å². The molecule has 0 spiro atoms. The van der Waals surface area contributed by atoms with Gasteiger partial charge in [-0.15, -0.1) is 0 Å². The second-order valence-corrected chi connectivity index (χ2v) is 7.95. The summed E-state index contributed by atoms with van der Waals surface area (Å²) in [4.78, 5) is 12.3. The Morgan fingerprint density at radius 2 is 1.42 bits per heavy atom. The van der Waals surface area contributed by atoms with Crippen molar-refractivity contribution >= 4 is 44.7 Å². The van der Waals surface area contributed by atoms with E-state index < -0.39 is 10.0 Å². The fourth-order valence-corrected chi connectivity index (χ4v) is 4.16. The van der Waals surface area contributed by atoms with Crippen molar-refractivity contribution < 1.29 is 13.2 Å². The lowest BCUT2D eigenvalue weighted by molar-refractivity contribution is 0.103. The average Bonchev–Trinajstić information content (AvgIpc) is 2.64. The first kappa shape index (κ1) is 18.5. The van der Waals surface area contributed by atoms with Gasteiger partial charge in [-0.3, -0.25) is 9.52 Å². The highest BCUT2D eigenvalue weighted by Gasteiger charge is 2.19. The molecular weight excluding hydrogens is 393 g/mol. The average molecular weight is 406 g/mol. The van der Waals surface area contributed by atoms with E-state index in [2.05, 4.69) is 4.72 Å². The van der Waals surface area contributed by atoms with Crippen LogP contribution in [-0.4, -0.2) is 14.2 Å². The van der Waals surface area contributed by atoms with Gasteiger partial charge < -0.3 is 0 Å². The van der Waals surface area contributed by atoms with Crippen LogP contribution in [-0.2, 0) is 10.0 Å². The Morgan fingerprint density at radius 1 is 0.808 bits per heavy atom. The normalized spacial score (nSPS) is 11.2. The first-order valence-corrected chi connectivity index (χ1v) is 9.78. The van der Waals surface area contributed by atoms with Crippen molar-refractivity contribution in [1.82, 2.24) is 0 Å². The largest absolute Gasteiger partial charge is 0.289 e. The summed E-state index contributed by atoms with van der Waals surface area (Å²) < 4.78 is 27.4. The van der Waals surface area contributed by atoms with Crippen LogP contribution in [0.15, 0.2) is 77.7 Å². The molecule has 7 heteroatoms. The summed E-state index contributed by atoms with van der Waals surface area (Å²) in [6.07, 6.45) is 0. The molecule has 0 saturated heterocycles. The van der Waals surface area contributed by atoms with E-state index in [1.165, 1.54) is 30.3 Å². The molecule has 3 aromatic carbocycles. The van der Waals surface area contributed by atoms with Crippen LogP contribution >= 0.6 is 23.2 Å². The highest BCUT2D eigenvalue weighted by atomic mass is 35.5. The molecule has 0 atom stereocenters. The minimum atomic E-state index is -3.90. The standard InChI is InChI=1S/C19H13Cl2NO3S/c20-15-8-11-17(21)18(12-15)26(24,25)22-16-9-6-14(7-10-16)19(23)13-4-2-1-3-5-13/h1-12,22H. The van der Waals surface area contributed by atoms with Crippen LogP contribution in [0.1, 0.15) is 15.9 Å². The zero-order chi connectivity index (χ0) is 18.7. The number of halogens is 2. The maximum atomic E-state index is 12.5. The first-order valence-electron chi connectivity index (χ1n) is 7.54. The van der Waals surface area contributed by atoms with Gasteiger partial charge in [0.25, 0.3) is 10.0 Å². The molecule has 0 saturated carbocycles. The molecule has 0 aromatic heterocycles. The number of anilines is 1. The number of sulfonamides is 1. The molecule has 0 aliphatic carbocycles. The Labute approximate surface area is 161 Å².